The second-order valence-electron chi connectivity index (χ2n) is 4.28. The van der Waals surface area contributed by atoms with Crippen LogP contribution in [0.2, 0.25) is 0 Å². The lowest BCUT2D eigenvalue weighted by Crippen LogP contribution is -2.01. The van der Waals surface area contributed by atoms with E-state index in [1.807, 2.05) is 0 Å². The number of hydrogen-bond donors (Lipinski definition) is 2. The van der Waals surface area contributed by atoms with Crippen molar-refractivity contribution in [2.24, 2.45) is 0 Å². The Bertz CT molecular complexity index is 821. The van der Waals surface area contributed by atoms with Gasteiger partial charge in [-0.05, 0) is 30.3 Å². The number of nitrogen functional groups attached to an aromatic ring is 1. The molecule has 0 saturated heterocycles. The number of anilines is 1. The first-order valence-corrected chi connectivity index (χ1v) is 5.76. The number of hydrogen-bond acceptors (Lipinski definition) is 4. The zero-order valence-electron chi connectivity index (χ0n) is 9.96. The molecule has 0 radical (unpaired) electrons. The third kappa shape index (κ3) is 2.04. The van der Waals surface area contributed by atoms with E-state index in [-0.39, 0.29) is 11.2 Å². The first-order valence-electron chi connectivity index (χ1n) is 5.76. The lowest BCUT2D eigenvalue weighted by molar-refractivity contribution is 0.475. The van der Waals surface area contributed by atoms with Crippen LogP contribution in [0.15, 0.2) is 57.7 Å². The van der Waals surface area contributed by atoms with Gasteiger partial charge in [0.25, 0.3) is 0 Å². The van der Waals surface area contributed by atoms with E-state index in [0.717, 1.165) is 0 Å². The number of phenolic OH excluding ortho intramolecular Hbond substituents is 1. The van der Waals surface area contributed by atoms with Crippen LogP contribution < -0.4 is 11.2 Å². The lowest BCUT2D eigenvalue weighted by atomic mass is 10.1. The summed E-state index contributed by atoms with van der Waals surface area (Å²) in [5, 5.41) is 9.91. The molecule has 0 atom stereocenters. The third-order valence-corrected chi connectivity index (χ3v) is 2.88. The molecule has 0 aliphatic carbocycles. The molecule has 3 rings (SSSR count). The van der Waals surface area contributed by atoms with Crippen LogP contribution in [0.5, 0.6) is 5.75 Å². The van der Waals surface area contributed by atoms with E-state index < -0.39 is 0 Å². The molecule has 94 valence electrons. The van der Waals surface area contributed by atoms with E-state index in [1.54, 1.807) is 42.5 Å². The van der Waals surface area contributed by atoms with Crippen LogP contribution in [0.25, 0.3) is 22.3 Å². The summed E-state index contributed by atoms with van der Waals surface area (Å²) < 4.78 is 5.67. The maximum atomic E-state index is 12.0. The summed E-state index contributed by atoms with van der Waals surface area (Å²) in [6, 6.07) is 12.9. The quantitative estimate of drug-likeness (QED) is 0.654. The Balaban J connectivity index is 2.27. The highest BCUT2D eigenvalue weighted by molar-refractivity contribution is 5.81. The molecule has 0 aliphatic heterocycles. The minimum Gasteiger partial charge on any atom is -0.508 e. The van der Waals surface area contributed by atoms with E-state index in [0.29, 0.717) is 28.0 Å². The summed E-state index contributed by atoms with van der Waals surface area (Å²) >= 11 is 0. The number of benzene rings is 2. The first-order chi connectivity index (χ1) is 9.13. The number of rotatable bonds is 1. The molecule has 0 spiro atoms. The van der Waals surface area contributed by atoms with Crippen LogP contribution in [0.1, 0.15) is 0 Å². The van der Waals surface area contributed by atoms with E-state index in [2.05, 4.69) is 0 Å². The highest BCUT2D eigenvalue weighted by atomic mass is 16.3. The number of nitrogens with two attached hydrogens (primary N) is 1. The van der Waals surface area contributed by atoms with Gasteiger partial charge in [0.05, 0.1) is 5.39 Å². The Morgan fingerprint density at radius 1 is 1.05 bits per heavy atom. The molecule has 0 unspecified atom stereocenters. The first kappa shape index (κ1) is 11.3. The smallest absolute Gasteiger partial charge is 0.193 e. The van der Waals surface area contributed by atoms with Crippen molar-refractivity contribution in [2.75, 3.05) is 5.73 Å². The summed E-state index contributed by atoms with van der Waals surface area (Å²) in [4.78, 5) is 12.0. The van der Waals surface area contributed by atoms with Gasteiger partial charge < -0.3 is 15.3 Å². The van der Waals surface area contributed by atoms with Crippen LogP contribution in [0, 0.1) is 0 Å². The SMILES string of the molecule is Nc1ccc2oc(-c3cccc(O)c3)cc(=O)c2c1. The Morgan fingerprint density at radius 3 is 2.68 bits per heavy atom. The Kier molecular flexibility index (Phi) is 2.49. The number of phenols is 1. The zero-order chi connectivity index (χ0) is 13.4. The highest BCUT2D eigenvalue weighted by Crippen LogP contribution is 2.25. The summed E-state index contributed by atoms with van der Waals surface area (Å²) in [5.41, 5.74) is 7.13. The molecule has 3 aromatic rings. The van der Waals surface area contributed by atoms with Gasteiger partial charge >= 0.3 is 0 Å². The molecule has 4 heteroatoms. The second-order valence-corrected chi connectivity index (χ2v) is 4.28. The number of aromatic hydroxyl groups is 1. The van der Waals surface area contributed by atoms with E-state index >= 15 is 0 Å². The normalized spacial score (nSPS) is 10.7. The third-order valence-electron chi connectivity index (χ3n) is 2.88. The van der Waals surface area contributed by atoms with Crippen molar-refractivity contribution < 1.29 is 9.52 Å². The standard InChI is InChI=1S/C15H11NO3/c16-10-4-5-14-12(7-10)13(18)8-15(19-14)9-2-1-3-11(17)6-9/h1-8,17H,16H2. The summed E-state index contributed by atoms with van der Waals surface area (Å²) in [7, 11) is 0. The van der Waals surface area contributed by atoms with Gasteiger partial charge in [-0.1, -0.05) is 12.1 Å². The molecule has 3 N–H and O–H groups in total. The van der Waals surface area contributed by atoms with Gasteiger partial charge in [-0.15, -0.1) is 0 Å². The number of fused-ring (bicyclic) bond motifs is 1. The topological polar surface area (TPSA) is 76.5 Å². The molecule has 0 aliphatic rings. The van der Waals surface area contributed by atoms with Gasteiger partial charge in [-0.3, -0.25) is 4.79 Å². The van der Waals surface area contributed by atoms with Gasteiger partial charge in [-0.2, -0.15) is 0 Å². The maximum absolute atomic E-state index is 12.0. The molecule has 0 fully saturated rings. The summed E-state index contributed by atoms with van der Waals surface area (Å²) in [5.74, 6) is 0.538. The van der Waals surface area contributed by atoms with Crippen molar-refractivity contribution in [3.63, 3.8) is 0 Å². The predicted octanol–water partition coefficient (Wildman–Crippen LogP) is 2.75. The van der Waals surface area contributed by atoms with Gasteiger partial charge in [-0.25, -0.2) is 0 Å². The molecular formula is C15H11NO3. The average Bonchev–Trinajstić information content (AvgIpc) is 2.39. The van der Waals surface area contributed by atoms with E-state index in [1.165, 1.54) is 6.07 Å². The molecule has 2 aromatic carbocycles. The minimum absolute atomic E-state index is 0.123. The second kappa shape index (κ2) is 4.17. The molecular weight excluding hydrogens is 242 g/mol. The fraction of sp³-hybridized carbons (Fsp3) is 0. The molecule has 1 aromatic heterocycles. The van der Waals surface area contributed by atoms with Crippen molar-refractivity contribution in [1.82, 2.24) is 0 Å². The molecule has 0 saturated carbocycles. The Morgan fingerprint density at radius 2 is 1.89 bits per heavy atom. The molecule has 4 nitrogen and oxygen atoms in total. The zero-order valence-corrected chi connectivity index (χ0v) is 9.96. The van der Waals surface area contributed by atoms with Crippen LogP contribution in [0.4, 0.5) is 5.69 Å². The Hall–Kier alpha value is -2.75. The van der Waals surface area contributed by atoms with E-state index in [9.17, 15) is 9.90 Å². The van der Waals surface area contributed by atoms with Gasteiger partial charge in [0, 0.05) is 17.3 Å². The van der Waals surface area contributed by atoms with Gasteiger partial charge in [0.2, 0.25) is 0 Å². The Labute approximate surface area is 108 Å². The van der Waals surface area contributed by atoms with Crippen LogP contribution in [-0.4, -0.2) is 5.11 Å². The van der Waals surface area contributed by atoms with Crippen LogP contribution >= 0.6 is 0 Å². The fourth-order valence-electron chi connectivity index (χ4n) is 1.98. The largest absolute Gasteiger partial charge is 0.508 e. The van der Waals surface area contributed by atoms with Crippen molar-refractivity contribution in [1.29, 1.82) is 0 Å². The molecule has 0 bridgehead atoms. The fourth-order valence-corrected chi connectivity index (χ4v) is 1.98. The van der Waals surface area contributed by atoms with Crippen LogP contribution in [0.3, 0.4) is 0 Å². The summed E-state index contributed by atoms with van der Waals surface area (Å²) in [6.45, 7) is 0. The van der Waals surface area contributed by atoms with E-state index in [4.69, 9.17) is 10.2 Å². The summed E-state index contributed by atoms with van der Waals surface area (Å²) in [6.07, 6.45) is 0. The van der Waals surface area contributed by atoms with Crippen molar-refractivity contribution >= 4 is 16.7 Å². The lowest BCUT2D eigenvalue weighted by Gasteiger charge is -2.04. The molecule has 19 heavy (non-hydrogen) atoms. The van der Waals surface area contributed by atoms with Gasteiger partial charge in [0.1, 0.15) is 17.1 Å². The van der Waals surface area contributed by atoms with Crippen LogP contribution in [-0.2, 0) is 0 Å². The highest BCUT2D eigenvalue weighted by Gasteiger charge is 2.07. The average molecular weight is 253 g/mol. The monoisotopic (exact) mass is 253 g/mol. The van der Waals surface area contributed by atoms with Crippen molar-refractivity contribution in [3.05, 3.63) is 58.8 Å². The maximum Gasteiger partial charge on any atom is 0.193 e. The van der Waals surface area contributed by atoms with Crippen molar-refractivity contribution in [2.45, 2.75) is 0 Å². The predicted molar refractivity (Wildman–Crippen MR) is 74.0 cm³/mol. The van der Waals surface area contributed by atoms with Crippen molar-refractivity contribution in [3.8, 4) is 17.1 Å². The molecule has 0 amide bonds. The van der Waals surface area contributed by atoms with Gasteiger partial charge in [0.15, 0.2) is 5.43 Å². The molecule has 1 heterocycles. The minimum atomic E-state index is -0.160.